The van der Waals surface area contributed by atoms with E-state index in [4.69, 9.17) is 0 Å². The first kappa shape index (κ1) is 23.2. The highest BCUT2D eigenvalue weighted by atomic mass is 16.2. The van der Waals surface area contributed by atoms with E-state index in [9.17, 15) is 14.4 Å². The number of carbonyl (C=O) groups is 2. The number of hydrogen-bond donors (Lipinski definition) is 3. The largest absolute Gasteiger partial charge is 0.357 e. The number of aryl methyl sites for hydroxylation is 1. The van der Waals surface area contributed by atoms with Crippen molar-refractivity contribution in [1.82, 2.24) is 25.6 Å². The monoisotopic (exact) mass is 463 g/mol. The van der Waals surface area contributed by atoms with E-state index in [2.05, 4.69) is 38.1 Å². The molecule has 0 atom stereocenters. The maximum absolute atomic E-state index is 12.9. The topological polar surface area (TPSA) is 121 Å². The Morgan fingerprint density at radius 3 is 2.47 bits per heavy atom. The molecule has 0 spiro atoms. The predicted octanol–water partition coefficient (Wildman–Crippen LogP) is 3.05. The van der Waals surface area contributed by atoms with E-state index in [1.165, 1.54) is 4.68 Å². The zero-order valence-corrected chi connectivity index (χ0v) is 19.2. The van der Waals surface area contributed by atoms with Crippen LogP contribution in [0, 0.1) is 0 Å². The minimum atomic E-state index is -0.621. The second-order valence-corrected chi connectivity index (χ2v) is 8.26. The molecule has 1 aliphatic heterocycles. The lowest BCUT2D eigenvalue weighted by atomic mass is 10.1. The third-order valence-electron chi connectivity index (χ3n) is 5.78. The van der Waals surface area contributed by atoms with E-state index in [0.29, 0.717) is 23.0 Å². The van der Waals surface area contributed by atoms with Crippen molar-refractivity contribution in [3.63, 3.8) is 0 Å². The first-order valence-corrected chi connectivity index (χ1v) is 11.6. The number of unbranched alkanes of at least 4 members (excludes halogenated alkanes) is 2. The average molecular weight is 464 g/mol. The molecule has 178 valence electrons. The Morgan fingerprint density at radius 1 is 1.00 bits per heavy atom. The van der Waals surface area contributed by atoms with Gasteiger partial charge in [0.15, 0.2) is 5.69 Å². The standard InChI is InChI=1S/C24H29N7O3/c1-2-3-6-15-31-23(33)19-10-5-4-9-18(19)21(29-31)22(32)27-28-24(34)26-17-11-12-20(25-16-17)30-13-7-8-14-30/h4-5,9-12,16H,2-3,6-8,13-15H2,1H3,(H,27,32)(H2,26,28,34). The highest BCUT2D eigenvalue weighted by Gasteiger charge is 2.17. The van der Waals surface area contributed by atoms with Gasteiger partial charge >= 0.3 is 6.03 Å². The number of hydrazine groups is 1. The van der Waals surface area contributed by atoms with Crippen molar-refractivity contribution < 1.29 is 9.59 Å². The fourth-order valence-electron chi connectivity index (χ4n) is 3.99. The summed E-state index contributed by atoms with van der Waals surface area (Å²) in [6, 6.07) is 9.83. The summed E-state index contributed by atoms with van der Waals surface area (Å²) < 4.78 is 1.32. The zero-order valence-electron chi connectivity index (χ0n) is 19.2. The summed E-state index contributed by atoms with van der Waals surface area (Å²) in [6.45, 7) is 4.47. The minimum absolute atomic E-state index is 0.0728. The fourth-order valence-corrected chi connectivity index (χ4v) is 3.99. The molecule has 2 aromatic heterocycles. The molecule has 0 bridgehead atoms. The Morgan fingerprint density at radius 2 is 1.76 bits per heavy atom. The van der Waals surface area contributed by atoms with E-state index in [0.717, 1.165) is 51.0 Å². The van der Waals surface area contributed by atoms with Crippen LogP contribution in [0.25, 0.3) is 10.8 Å². The lowest BCUT2D eigenvalue weighted by Crippen LogP contribution is -2.44. The number of hydrogen-bond acceptors (Lipinski definition) is 6. The molecular formula is C24H29N7O3. The van der Waals surface area contributed by atoms with Crippen molar-refractivity contribution in [2.75, 3.05) is 23.3 Å². The summed E-state index contributed by atoms with van der Waals surface area (Å²) in [4.78, 5) is 44.5. The number of nitrogens with one attached hydrogen (secondary N) is 3. The van der Waals surface area contributed by atoms with Gasteiger partial charge in [0.1, 0.15) is 5.82 Å². The Balaban J connectivity index is 1.41. The molecule has 1 aromatic carbocycles. The van der Waals surface area contributed by atoms with Crippen molar-refractivity contribution in [2.24, 2.45) is 0 Å². The Bertz CT molecular complexity index is 1220. The fraction of sp³-hybridized carbons (Fsp3) is 0.375. The number of fused-ring (bicyclic) bond motifs is 1. The smallest absolute Gasteiger partial charge is 0.337 e. The van der Waals surface area contributed by atoms with E-state index in [1.807, 2.05) is 6.07 Å². The van der Waals surface area contributed by atoms with E-state index in [-0.39, 0.29) is 11.3 Å². The third kappa shape index (κ3) is 5.33. The average Bonchev–Trinajstić information content (AvgIpc) is 3.40. The number of pyridine rings is 1. The van der Waals surface area contributed by atoms with Crippen LogP contribution in [-0.2, 0) is 6.54 Å². The molecule has 1 aliphatic rings. The van der Waals surface area contributed by atoms with Crippen LogP contribution in [0.4, 0.5) is 16.3 Å². The van der Waals surface area contributed by atoms with Gasteiger partial charge in [-0.15, -0.1) is 0 Å². The van der Waals surface area contributed by atoms with Crippen molar-refractivity contribution in [3.8, 4) is 0 Å². The number of carbonyl (C=O) groups excluding carboxylic acids is 2. The summed E-state index contributed by atoms with van der Waals surface area (Å²) in [5, 5.41) is 7.77. The minimum Gasteiger partial charge on any atom is -0.357 e. The van der Waals surface area contributed by atoms with Gasteiger partial charge in [0.2, 0.25) is 0 Å². The first-order chi connectivity index (χ1) is 16.6. The normalized spacial score (nSPS) is 13.1. The van der Waals surface area contributed by atoms with Gasteiger partial charge in [-0.1, -0.05) is 38.0 Å². The highest BCUT2D eigenvalue weighted by molar-refractivity contribution is 6.05. The Hall–Kier alpha value is -3.95. The van der Waals surface area contributed by atoms with E-state index in [1.54, 1.807) is 36.5 Å². The molecule has 0 saturated carbocycles. The summed E-state index contributed by atoms with van der Waals surface area (Å²) in [5.74, 6) is 0.266. The van der Waals surface area contributed by atoms with Crippen LogP contribution in [0.1, 0.15) is 49.5 Å². The number of anilines is 2. The van der Waals surface area contributed by atoms with Crippen LogP contribution in [-0.4, -0.2) is 39.8 Å². The Kier molecular flexibility index (Phi) is 7.36. The van der Waals surface area contributed by atoms with Crippen molar-refractivity contribution in [3.05, 3.63) is 58.6 Å². The van der Waals surface area contributed by atoms with Crippen LogP contribution in [0.5, 0.6) is 0 Å². The van der Waals surface area contributed by atoms with Crippen molar-refractivity contribution in [2.45, 2.75) is 45.6 Å². The summed E-state index contributed by atoms with van der Waals surface area (Å²) in [6.07, 6.45) is 6.64. The zero-order chi connectivity index (χ0) is 23.9. The van der Waals surface area contributed by atoms with Gasteiger partial charge < -0.3 is 10.2 Å². The maximum atomic E-state index is 12.9. The molecule has 10 nitrogen and oxygen atoms in total. The number of aromatic nitrogens is 3. The van der Waals surface area contributed by atoms with Gasteiger partial charge in [-0.05, 0) is 37.5 Å². The lowest BCUT2D eigenvalue weighted by molar-refractivity contribution is 0.0932. The van der Waals surface area contributed by atoms with E-state index >= 15 is 0 Å². The maximum Gasteiger partial charge on any atom is 0.337 e. The number of amides is 3. The predicted molar refractivity (Wildman–Crippen MR) is 131 cm³/mol. The number of rotatable bonds is 7. The number of nitrogens with zero attached hydrogens (tertiary/aromatic N) is 4. The molecule has 10 heteroatoms. The number of benzene rings is 1. The lowest BCUT2D eigenvalue weighted by Gasteiger charge is -2.16. The summed E-state index contributed by atoms with van der Waals surface area (Å²) in [7, 11) is 0. The molecule has 3 amide bonds. The SMILES string of the molecule is CCCCCn1nc(C(=O)NNC(=O)Nc2ccc(N3CCCC3)nc2)c2ccccc2c1=O. The van der Waals surface area contributed by atoms with Crippen LogP contribution in [0.15, 0.2) is 47.4 Å². The van der Waals surface area contributed by atoms with Gasteiger partial charge in [-0.2, -0.15) is 5.10 Å². The molecule has 3 aromatic rings. The van der Waals surface area contributed by atoms with Crippen molar-refractivity contribution >= 4 is 34.2 Å². The molecular weight excluding hydrogens is 434 g/mol. The van der Waals surface area contributed by atoms with Gasteiger partial charge in [-0.3, -0.25) is 15.0 Å². The molecule has 1 saturated heterocycles. The van der Waals surface area contributed by atoms with Gasteiger partial charge in [0.05, 0.1) is 17.3 Å². The molecule has 0 radical (unpaired) electrons. The van der Waals surface area contributed by atoms with Crippen molar-refractivity contribution in [1.29, 1.82) is 0 Å². The third-order valence-corrected chi connectivity index (χ3v) is 5.78. The highest BCUT2D eigenvalue weighted by Crippen LogP contribution is 2.19. The Labute approximate surface area is 197 Å². The second-order valence-electron chi connectivity index (χ2n) is 8.26. The molecule has 4 rings (SSSR count). The van der Waals surface area contributed by atoms with Gasteiger partial charge in [0, 0.05) is 25.0 Å². The van der Waals surface area contributed by atoms with Crippen LogP contribution >= 0.6 is 0 Å². The molecule has 34 heavy (non-hydrogen) atoms. The van der Waals surface area contributed by atoms with Gasteiger partial charge in [-0.25, -0.2) is 19.9 Å². The summed E-state index contributed by atoms with van der Waals surface area (Å²) in [5.41, 5.74) is 5.05. The molecule has 3 heterocycles. The molecule has 3 N–H and O–H groups in total. The quantitative estimate of drug-likeness (QED) is 0.366. The number of urea groups is 1. The van der Waals surface area contributed by atoms with Gasteiger partial charge in [0.25, 0.3) is 11.5 Å². The second kappa shape index (κ2) is 10.8. The molecule has 0 unspecified atom stereocenters. The molecule has 1 fully saturated rings. The van der Waals surface area contributed by atoms with Crippen LogP contribution in [0.2, 0.25) is 0 Å². The van der Waals surface area contributed by atoms with Crippen LogP contribution < -0.4 is 26.6 Å². The molecule has 0 aliphatic carbocycles. The summed E-state index contributed by atoms with van der Waals surface area (Å²) >= 11 is 0. The first-order valence-electron chi connectivity index (χ1n) is 11.6. The van der Waals surface area contributed by atoms with Crippen LogP contribution in [0.3, 0.4) is 0 Å². The van der Waals surface area contributed by atoms with E-state index < -0.39 is 11.9 Å².